The van der Waals surface area contributed by atoms with Gasteiger partial charge in [-0.25, -0.2) is 9.18 Å². The zero-order chi connectivity index (χ0) is 21.1. The highest BCUT2D eigenvalue weighted by atomic mass is 19.1. The molecule has 1 aliphatic heterocycles. The predicted octanol–water partition coefficient (Wildman–Crippen LogP) is 3.95. The summed E-state index contributed by atoms with van der Waals surface area (Å²) in [6.07, 6.45) is 9.06. The average molecular weight is 417 g/mol. The van der Waals surface area contributed by atoms with Crippen LogP contribution in [-0.2, 0) is 9.47 Å². The van der Waals surface area contributed by atoms with Gasteiger partial charge < -0.3 is 19.1 Å². The van der Waals surface area contributed by atoms with Crippen molar-refractivity contribution in [2.45, 2.75) is 82.2 Å². The van der Waals surface area contributed by atoms with E-state index < -0.39 is 5.82 Å². The van der Waals surface area contributed by atoms with Gasteiger partial charge in [-0.15, -0.1) is 0 Å². The number of carbonyl (C=O) groups excluding carboxylic acids is 1. The van der Waals surface area contributed by atoms with Crippen LogP contribution in [0.5, 0.6) is 5.75 Å². The molecule has 1 aromatic rings. The van der Waals surface area contributed by atoms with Crippen molar-refractivity contribution in [2.24, 2.45) is 0 Å². The Kier molecular flexibility index (Phi) is 6.09. The van der Waals surface area contributed by atoms with Crippen LogP contribution in [0.3, 0.4) is 0 Å². The fourth-order valence-corrected chi connectivity index (χ4v) is 4.08. The monoisotopic (exact) mass is 417 g/mol. The number of hydrogen-bond acceptors (Lipinski definition) is 6. The lowest BCUT2D eigenvalue weighted by molar-refractivity contribution is -0.0664. The number of amides is 1. The molecule has 0 unspecified atom stereocenters. The highest BCUT2D eigenvalue weighted by Gasteiger charge is 2.43. The zero-order valence-corrected chi connectivity index (χ0v) is 17.3. The molecule has 0 bridgehead atoms. The lowest BCUT2D eigenvalue weighted by Gasteiger charge is -2.36. The third-order valence-electron chi connectivity index (χ3n) is 6.25. The Morgan fingerprint density at radius 1 is 1.13 bits per heavy atom. The van der Waals surface area contributed by atoms with Crippen molar-refractivity contribution in [1.29, 1.82) is 5.26 Å². The van der Waals surface area contributed by atoms with Crippen LogP contribution in [0.4, 0.5) is 9.18 Å². The largest absolute Gasteiger partial charge is 0.486 e. The molecule has 4 rings (SSSR count). The normalized spacial score (nSPS) is 26.0. The van der Waals surface area contributed by atoms with E-state index in [0.29, 0.717) is 13.1 Å². The van der Waals surface area contributed by atoms with E-state index in [1.54, 1.807) is 4.90 Å². The first-order valence-electron chi connectivity index (χ1n) is 10.8. The Morgan fingerprint density at radius 3 is 2.40 bits per heavy atom. The number of ether oxygens (including phenoxy) is 3. The van der Waals surface area contributed by atoms with Crippen molar-refractivity contribution in [3.05, 3.63) is 23.8 Å². The predicted molar refractivity (Wildman–Crippen MR) is 105 cm³/mol. The van der Waals surface area contributed by atoms with Crippen molar-refractivity contribution >= 4 is 6.09 Å². The minimum atomic E-state index is -0.603. The molecule has 1 saturated heterocycles. The van der Waals surface area contributed by atoms with E-state index in [4.69, 9.17) is 19.5 Å². The van der Waals surface area contributed by atoms with E-state index in [-0.39, 0.29) is 41.3 Å². The summed E-state index contributed by atoms with van der Waals surface area (Å²) in [4.78, 5) is 17.7. The van der Waals surface area contributed by atoms with Crippen molar-refractivity contribution in [2.75, 3.05) is 13.1 Å². The van der Waals surface area contributed by atoms with Crippen molar-refractivity contribution in [1.82, 2.24) is 9.88 Å². The number of carbonyl (C=O) groups is 1. The highest BCUT2D eigenvalue weighted by molar-refractivity contribution is 5.68. The molecule has 0 N–H and O–H groups in total. The summed E-state index contributed by atoms with van der Waals surface area (Å²) < 4.78 is 31.6. The molecule has 0 spiro atoms. The van der Waals surface area contributed by atoms with Gasteiger partial charge in [0.25, 0.3) is 0 Å². The maximum absolute atomic E-state index is 14.0. The molecule has 0 radical (unpaired) electrons. The second-order valence-electron chi connectivity index (χ2n) is 8.77. The van der Waals surface area contributed by atoms with Crippen molar-refractivity contribution < 1.29 is 23.4 Å². The minimum Gasteiger partial charge on any atom is -0.486 e. The van der Waals surface area contributed by atoms with Gasteiger partial charge in [-0.1, -0.05) is 0 Å². The minimum absolute atomic E-state index is 0.00353. The molecule has 162 valence electrons. The van der Waals surface area contributed by atoms with Crippen LogP contribution in [0.25, 0.3) is 0 Å². The molecule has 2 heterocycles. The SMILES string of the molecule is CC1(OC(=O)N2CCC(OC3CCC(Oc4c(F)cncc4C#N)CC3)CC2)CC1. The lowest BCUT2D eigenvalue weighted by atomic mass is 9.94. The molecule has 7 nitrogen and oxygen atoms in total. The molecule has 2 aliphatic carbocycles. The summed E-state index contributed by atoms with van der Waals surface area (Å²) in [5.74, 6) is -0.607. The molecule has 2 saturated carbocycles. The van der Waals surface area contributed by atoms with Gasteiger partial charge in [0.2, 0.25) is 0 Å². The number of aromatic nitrogens is 1. The van der Waals surface area contributed by atoms with E-state index in [0.717, 1.165) is 57.6 Å². The fourth-order valence-electron chi connectivity index (χ4n) is 4.08. The molecule has 0 aromatic carbocycles. The summed E-state index contributed by atoms with van der Waals surface area (Å²) in [5.41, 5.74) is -0.118. The molecule has 0 atom stereocenters. The van der Waals surface area contributed by atoms with Crippen LogP contribution in [-0.4, -0.2) is 53.0 Å². The average Bonchev–Trinajstić information content (AvgIpc) is 3.47. The van der Waals surface area contributed by atoms with Gasteiger partial charge in [0, 0.05) is 19.3 Å². The fraction of sp³-hybridized carbons (Fsp3) is 0.682. The Labute approximate surface area is 176 Å². The maximum Gasteiger partial charge on any atom is 0.410 e. The maximum atomic E-state index is 14.0. The van der Waals surface area contributed by atoms with E-state index in [9.17, 15) is 9.18 Å². The first-order valence-corrected chi connectivity index (χ1v) is 10.8. The number of piperidine rings is 1. The lowest BCUT2D eigenvalue weighted by Crippen LogP contribution is -2.43. The zero-order valence-electron chi connectivity index (χ0n) is 17.3. The first-order chi connectivity index (χ1) is 14.5. The Morgan fingerprint density at radius 2 is 1.77 bits per heavy atom. The van der Waals surface area contributed by atoms with Crippen LogP contribution in [0.1, 0.15) is 63.9 Å². The van der Waals surface area contributed by atoms with E-state index in [1.165, 1.54) is 6.20 Å². The Balaban J connectivity index is 1.19. The summed E-state index contributed by atoms with van der Waals surface area (Å²) in [7, 11) is 0. The smallest absolute Gasteiger partial charge is 0.410 e. The van der Waals surface area contributed by atoms with Crippen LogP contribution >= 0.6 is 0 Å². The quantitative estimate of drug-likeness (QED) is 0.721. The van der Waals surface area contributed by atoms with Gasteiger partial charge in [-0.3, -0.25) is 4.98 Å². The van der Waals surface area contributed by atoms with E-state index in [2.05, 4.69) is 4.98 Å². The molecule has 1 amide bonds. The summed E-state index contributed by atoms with van der Waals surface area (Å²) in [6, 6.07) is 1.93. The molecule has 3 aliphatic rings. The van der Waals surface area contributed by atoms with Crippen LogP contribution < -0.4 is 4.74 Å². The van der Waals surface area contributed by atoms with Crippen molar-refractivity contribution in [3.8, 4) is 11.8 Å². The van der Waals surface area contributed by atoms with Crippen LogP contribution in [0, 0.1) is 17.1 Å². The number of likely N-dealkylation sites (tertiary alicyclic amines) is 1. The van der Waals surface area contributed by atoms with Crippen LogP contribution in [0.15, 0.2) is 12.4 Å². The van der Waals surface area contributed by atoms with E-state index in [1.807, 2.05) is 13.0 Å². The summed E-state index contributed by atoms with van der Waals surface area (Å²) >= 11 is 0. The third kappa shape index (κ3) is 5.01. The molecule has 3 fully saturated rings. The molecule has 8 heteroatoms. The van der Waals surface area contributed by atoms with Gasteiger partial charge in [-0.2, -0.15) is 5.26 Å². The third-order valence-corrected chi connectivity index (χ3v) is 6.25. The summed E-state index contributed by atoms with van der Waals surface area (Å²) in [5, 5.41) is 9.12. The second-order valence-corrected chi connectivity index (χ2v) is 8.77. The number of pyridine rings is 1. The number of hydrogen-bond donors (Lipinski definition) is 0. The highest BCUT2D eigenvalue weighted by Crippen LogP contribution is 2.39. The van der Waals surface area contributed by atoms with Gasteiger partial charge in [0.05, 0.1) is 24.5 Å². The number of halogens is 1. The molecule has 1 aromatic heterocycles. The van der Waals surface area contributed by atoms with Gasteiger partial charge in [-0.05, 0) is 58.3 Å². The van der Waals surface area contributed by atoms with E-state index >= 15 is 0 Å². The molecular formula is C22H28FN3O4. The number of nitrogens with zero attached hydrogens (tertiary/aromatic N) is 3. The second kappa shape index (κ2) is 8.76. The van der Waals surface area contributed by atoms with Gasteiger partial charge in [0.15, 0.2) is 11.6 Å². The first kappa shape index (κ1) is 20.9. The van der Waals surface area contributed by atoms with Gasteiger partial charge in [0.1, 0.15) is 17.2 Å². The topological polar surface area (TPSA) is 84.7 Å². The Bertz CT molecular complexity index is 807. The molecular weight excluding hydrogens is 389 g/mol. The van der Waals surface area contributed by atoms with Crippen LogP contribution in [0.2, 0.25) is 0 Å². The number of rotatable bonds is 5. The van der Waals surface area contributed by atoms with Crippen molar-refractivity contribution in [3.63, 3.8) is 0 Å². The Hall–Kier alpha value is -2.40. The van der Waals surface area contributed by atoms with Gasteiger partial charge >= 0.3 is 6.09 Å². The molecule has 30 heavy (non-hydrogen) atoms. The summed E-state index contributed by atoms with van der Waals surface area (Å²) in [6.45, 7) is 3.30. The number of nitriles is 1. The standard InChI is InChI=1S/C22H28FN3O4/c1-22(8-9-22)30-21(27)26-10-6-18(7-11-26)28-16-2-4-17(5-3-16)29-20-15(12-24)13-25-14-19(20)23/h13-14,16-18H,2-11H2,1H3.